The second-order valence-electron chi connectivity index (χ2n) is 10.6. The molecule has 0 spiro atoms. The fourth-order valence-corrected chi connectivity index (χ4v) is 5.66. The van der Waals surface area contributed by atoms with Gasteiger partial charge in [-0.2, -0.15) is 13.2 Å². The fourth-order valence-electron chi connectivity index (χ4n) is 5.66. The molecule has 10 nitrogen and oxygen atoms in total. The Morgan fingerprint density at radius 2 is 1.79 bits per heavy atom. The van der Waals surface area contributed by atoms with E-state index >= 15 is 0 Å². The van der Waals surface area contributed by atoms with Crippen LogP contribution in [0.1, 0.15) is 53.1 Å². The van der Waals surface area contributed by atoms with Crippen LogP contribution in [0.15, 0.2) is 48.0 Å². The van der Waals surface area contributed by atoms with E-state index in [1.165, 1.54) is 17.7 Å². The smallest absolute Gasteiger partial charge is 0.491 e. The predicted octanol–water partition coefficient (Wildman–Crippen LogP) is 4.28. The van der Waals surface area contributed by atoms with E-state index in [9.17, 15) is 32.3 Å². The molecule has 3 atom stereocenters. The lowest BCUT2D eigenvalue weighted by Gasteiger charge is -2.31. The summed E-state index contributed by atoms with van der Waals surface area (Å²) < 4.78 is 58.2. The van der Waals surface area contributed by atoms with Gasteiger partial charge < -0.3 is 24.3 Å². The Morgan fingerprint density at radius 1 is 1.05 bits per heavy atom. The summed E-state index contributed by atoms with van der Waals surface area (Å²) in [5.74, 6) is -3.44. The molecule has 0 bridgehead atoms. The largest absolute Gasteiger partial charge is 0.493 e. The molecule has 0 radical (unpaired) electrons. The number of esters is 3. The lowest BCUT2D eigenvalue weighted by Crippen LogP contribution is -2.35. The number of nitrogens with zero attached hydrogens (tertiary/aromatic N) is 1. The zero-order chi connectivity index (χ0) is 30.9. The molecule has 228 valence electrons. The molecule has 1 aliphatic carbocycles. The van der Waals surface area contributed by atoms with Crippen molar-refractivity contribution in [3.8, 4) is 11.5 Å². The summed E-state index contributed by atoms with van der Waals surface area (Å²) in [5.41, 5.74) is 3.43. The Hall–Kier alpha value is -4.39. The Bertz CT molecular complexity index is 1470. The molecular weight excluding hydrogens is 573 g/mol. The van der Waals surface area contributed by atoms with E-state index in [0.717, 1.165) is 35.6 Å². The number of benzene rings is 2. The highest BCUT2D eigenvalue weighted by molar-refractivity contribution is 5.99. The first kappa shape index (κ1) is 30.1. The first-order chi connectivity index (χ1) is 20.4. The Labute approximate surface area is 244 Å². The topological polar surface area (TPSA) is 120 Å². The maximum atomic E-state index is 12.6. The standard InChI is InChI=1S/C30H29F3N2O8/c1-35-14-17-8-11-21(40-2)27-26(17)25-18(15-35)12-20(13-22(25)42-27)41-24(37)5-3-4-23(36)34-19-9-6-16(7-10-19)28(38)43-29(39)30(31,32)33/h6-12,20,22,25H,3-5,13-15H2,1-2H3,(H,34,36)/t20-,22-,25+/m0/s1. The summed E-state index contributed by atoms with van der Waals surface area (Å²) in [4.78, 5) is 49.7. The molecule has 1 N–H and O–H groups in total. The average Bonchev–Trinajstić information content (AvgIpc) is 3.26. The number of hydrogen-bond acceptors (Lipinski definition) is 9. The average molecular weight is 603 g/mol. The van der Waals surface area contributed by atoms with E-state index < -0.39 is 36.1 Å². The van der Waals surface area contributed by atoms with Crippen molar-refractivity contribution in [1.82, 2.24) is 4.90 Å². The number of hydrogen-bond donors (Lipinski definition) is 1. The lowest BCUT2D eigenvalue weighted by molar-refractivity contribution is -0.193. The molecule has 5 rings (SSSR count). The number of likely N-dealkylation sites (N-methyl/N-ethyl adjacent to an activating group) is 1. The maximum Gasteiger partial charge on any atom is 0.491 e. The molecule has 13 heteroatoms. The number of rotatable bonds is 8. The molecule has 2 heterocycles. The number of alkyl halides is 3. The van der Waals surface area contributed by atoms with Gasteiger partial charge in [-0.3, -0.25) is 14.5 Å². The number of methoxy groups -OCH3 is 1. The van der Waals surface area contributed by atoms with Crippen LogP contribution in [-0.4, -0.2) is 67.8 Å². The molecule has 0 unspecified atom stereocenters. The molecule has 1 amide bonds. The minimum absolute atomic E-state index is 0.00121. The van der Waals surface area contributed by atoms with Crippen molar-refractivity contribution in [2.24, 2.45) is 0 Å². The van der Waals surface area contributed by atoms with Gasteiger partial charge in [0.05, 0.1) is 12.7 Å². The van der Waals surface area contributed by atoms with Gasteiger partial charge in [-0.25, -0.2) is 9.59 Å². The second-order valence-corrected chi connectivity index (χ2v) is 10.6. The van der Waals surface area contributed by atoms with Gasteiger partial charge in [0, 0.05) is 49.5 Å². The molecular formula is C30H29F3N2O8. The van der Waals surface area contributed by atoms with Gasteiger partial charge in [-0.15, -0.1) is 0 Å². The van der Waals surface area contributed by atoms with Crippen molar-refractivity contribution in [2.75, 3.05) is 26.0 Å². The van der Waals surface area contributed by atoms with E-state index in [1.54, 1.807) is 7.11 Å². The third-order valence-corrected chi connectivity index (χ3v) is 7.47. The quantitative estimate of drug-likeness (QED) is 0.268. The monoisotopic (exact) mass is 602 g/mol. The van der Waals surface area contributed by atoms with Crippen molar-refractivity contribution >= 4 is 29.5 Å². The number of carbonyl (C=O) groups is 4. The van der Waals surface area contributed by atoms with Crippen LogP contribution in [0.5, 0.6) is 11.5 Å². The Morgan fingerprint density at radius 3 is 2.49 bits per heavy atom. The van der Waals surface area contributed by atoms with Crippen molar-refractivity contribution in [1.29, 1.82) is 0 Å². The highest BCUT2D eigenvalue weighted by Crippen LogP contribution is 2.53. The Balaban J connectivity index is 1.10. The molecule has 0 fully saturated rings. The van der Waals surface area contributed by atoms with Crippen LogP contribution in [0.3, 0.4) is 0 Å². The molecule has 2 aromatic rings. The molecule has 3 aliphatic rings. The van der Waals surface area contributed by atoms with E-state index in [2.05, 4.69) is 21.0 Å². The van der Waals surface area contributed by atoms with Crippen LogP contribution in [0, 0.1) is 0 Å². The van der Waals surface area contributed by atoms with Gasteiger partial charge in [-0.05, 0) is 61.0 Å². The van der Waals surface area contributed by atoms with Gasteiger partial charge in [0.1, 0.15) is 12.2 Å². The summed E-state index contributed by atoms with van der Waals surface area (Å²) in [5, 5.41) is 2.57. The van der Waals surface area contributed by atoms with Crippen LogP contribution < -0.4 is 14.8 Å². The second kappa shape index (κ2) is 12.1. The minimum atomic E-state index is -5.30. The summed E-state index contributed by atoms with van der Waals surface area (Å²) in [6, 6.07) is 8.76. The van der Waals surface area contributed by atoms with Gasteiger partial charge in [0.2, 0.25) is 5.91 Å². The van der Waals surface area contributed by atoms with Gasteiger partial charge in [0.25, 0.3) is 0 Å². The van der Waals surface area contributed by atoms with Gasteiger partial charge in [0.15, 0.2) is 11.5 Å². The summed E-state index contributed by atoms with van der Waals surface area (Å²) >= 11 is 0. The van der Waals surface area contributed by atoms with Crippen LogP contribution in [0.4, 0.5) is 18.9 Å². The summed E-state index contributed by atoms with van der Waals surface area (Å²) in [6.45, 7) is 1.48. The zero-order valence-corrected chi connectivity index (χ0v) is 23.4. The molecule has 0 saturated carbocycles. The van der Waals surface area contributed by atoms with E-state index in [4.69, 9.17) is 14.2 Å². The van der Waals surface area contributed by atoms with E-state index in [1.807, 2.05) is 19.2 Å². The molecule has 2 aromatic carbocycles. The van der Waals surface area contributed by atoms with Crippen LogP contribution >= 0.6 is 0 Å². The van der Waals surface area contributed by atoms with Crippen molar-refractivity contribution in [3.05, 3.63) is 64.7 Å². The normalized spacial score (nSPS) is 20.6. The van der Waals surface area contributed by atoms with Crippen molar-refractivity contribution in [2.45, 2.75) is 56.5 Å². The minimum Gasteiger partial charge on any atom is -0.493 e. The van der Waals surface area contributed by atoms with Crippen LogP contribution in [-0.2, 0) is 30.4 Å². The zero-order valence-electron chi connectivity index (χ0n) is 23.4. The molecule has 2 aliphatic heterocycles. The lowest BCUT2D eigenvalue weighted by atomic mass is 9.80. The fraction of sp³-hybridized carbons (Fsp3) is 0.400. The highest BCUT2D eigenvalue weighted by atomic mass is 19.4. The highest BCUT2D eigenvalue weighted by Gasteiger charge is 2.46. The summed E-state index contributed by atoms with van der Waals surface area (Å²) in [7, 11) is 3.65. The Kier molecular flexibility index (Phi) is 8.45. The third kappa shape index (κ3) is 6.66. The summed E-state index contributed by atoms with van der Waals surface area (Å²) in [6.07, 6.45) is -3.21. The van der Waals surface area contributed by atoms with Crippen molar-refractivity contribution in [3.63, 3.8) is 0 Å². The van der Waals surface area contributed by atoms with E-state index in [0.29, 0.717) is 18.7 Å². The number of halogens is 3. The first-order valence-electron chi connectivity index (χ1n) is 13.6. The number of nitrogens with one attached hydrogen (secondary N) is 1. The van der Waals surface area contributed by atoms with Crippen LogP contribution in [0.2, 0.25) is 0 Å². The number of carbonyl (C=O) groups excluding carboxylic acids is 4. The SMILES string of the molecule is COc1ccc2c3c1O[C@H]1C[C@@H](OC(=O)CCCC(=O)Nc4ccc(C(=O)OC(=O)C(F)(F)F)cc4)C=C(CN(C)C2)[C@@H]31. The predicted molar refractivity (Wildman–Crippen MR) is 144 cm³/mol. The van der Waals surface area contributed by atoms with Gasteiger partial charge in [-0.1, -0.05) is 6.07 Å². The number of ether oxygens (including phenoxy) is 4. The third-order valence-electron chi connectivity index (χ3n) is 7.47. The first-order valence-corrected chi connectivity index (χ1v) is 13.6. The molecule has 0 saturated heterocycles. The maximum absolute atomic E-state index is 12.6. The van der Waals surface area contributed by atoms with E-state index in [-0.39, 0.29) is 42.5 Å². The molecule has 43 heavy (non-hydrogen) atoms. The van der Waals surface area contributed by atoms with Gasteiger partial charge >= 0.3 is 24.1 Å². The van der Waals surface area contributed by atoms with Crippen molar-refractivity contribution < 1.29 is 51.3 Å². The number of anilines is 1. The number of amides is 1. The van der Waals surface area contributed by atoms with Crippen LogP contribution in [0.25, 0.3) is 0 Å². The molecule has 0 aromatic heterocycles.